The Morgan fingerprint density at radius 3 is 2.33 bits per heavy atom. The van der Waals surface area contributed by atoms with E-state index in [9.17, 15) is 4.79 Å². The lowest BCUT2D eigenvalue weighted by molar-refractivity contribution is -0.00169. The summed E-state index contributed by atoms with van der Waals surface area (Å²) in [5.74, 6) is 0. The molecule has 1 saturated heterocycles. The smallest absolute Gasteiger partial charge is 0.150 e. The fourth-order valence-electron chi connectivity index (χ4n) is 1.12. The number of likely N-dealkylation sites (N-methyl/N-ethyl adjacent to an activating group) is 1. The summed E-state index contributed by atoms with van der Waals surface area (Å²) < 4.78 is 4.86. The van der Waals surface area contributed by atoms with E-state index in [0.29, 0.717) is 6.04 Å². The molecule has 1 aromatic carbocycles. The number of rotatable bonds is 2. The largest absolute Gasteiger partial charge is 0.378 e. The molecule has 0 amide bonds. The maximum Gasteiger partial charge on any atom is 0.150 e. The Morgan fingerprint density at radius 2 is 2.07 bits per heavy atom. The van der Waals surface area contributed by atoms with Gasteiger partial charge in [0.1, 0.15) is 6.29 Å². The van der Waals surface area contributed by atoms with Crippen LogP contribution in [0.2, 0.25) is 0 Å². The highest BCUT2D eigenvalue weighted by atomic mass is 16.5. The van der Waals surface area contributed by atoms with Crippen LogP contribution in [0.5, 0.6) is 0 Å². The summed E-state index contributed by atoms with van der Waals surface area (Å²) in [6.07, 6.45) is 0.870. The Balaban J connectivity index is 0.000000162. The summed E-state index contributed by atoms with van der Waals surface area (Å²) in [4.78, 5) is 10.2. The fraction of sp³-hybridized carbons (Fsp3) is 0.417. The minimum absolute atomic E-state index is 0.644. The quantitative estimate of drug-likeness (QED) is 0.745. The first-order valence-corrected chi connectivity index (χ1v) is 5.03. The minimum Gasteiger partial charge on any atom is -0.378 e. The van der Waals surface area contributed by atoms with E-state index in [0.717, 1.165) is 30.6 Å². The first-order chi connectivity index (χ1) is 7.27. The Morgan fingerprint density at radius 1 is 1.40 bits per heavy atom. The summed E-state index contributed by atoms with van der Waals surface area (Å²) in [6.45, 7) is 3.72. The Hall–Kier alpha value is -1.19. The predicted octanol–water partition coefficient (Wildman–Crippen LogP) is 1.41. The molecule has 0 bridgehead atoms. The van der Waals surface area contributed by atoms with Gasteiger partial charge in [-0.1, -0.05) is 24.3 Å². The lowest BCUT2D eigenvalue weighted by Crippen LogP contribution is -2.43. The number of nitrogens with one attached hydrogen (secondary N) is 1. The second kappa shape index (κ2) is 6.32. The molecule has 1 N–H and O–H groups in total. The van der Waals surface area contributed by atoms with Gasteiger partial charge in [-0.3, -0.25) is 4.79 Å². The molecule has 0 aliphatic carbocycles. The number of hydrogen-bond donors (Lipinski definition) is 1. The molecular weight excluding hydrogens is 190 g/mol. The van der Waals surface area contributed by atoms with Crippen LogP contribution < -0.4 is 5.32 Å². The van der Waals surface area contributed by atoms with Gasteiger partial charge in [0.25, 0.3) is 0 Å². The van der Waals surface area contributed by atoms with Crippen molar-refractivity contribution in [1.29, 1.82) is 0 Å². The van der Waals surface area contributed by atoms with Gasteiger partial charge in [0.05, 0.1) is 19.3 Å². The van der Waals surface area contributed by atoms with E-state index in [2.05, 4.69) is 5.32 Å². The van der Waals surface area contributed by atoms with Crippen molar-refractivity contribution in [1.82, 2.24) is 5.32 Å². The molecule has 82 valence electrons. The third-order valence-electron chi connectivity index (χ3n) is 2.36. The van der Waals surface area contributed by atoms with Crippen molar-refractivity contribution in [3.63, 3.8) is 0 Å². The van der Waals surface area contributed by atoms with Gasteiger partial charge in [-0.15, -0.1) is 0 Å². The summed E-state index contributed by atoms with van der Waals surface area (Å²) in [5, 5.41) is 3.08. The van der Waals surface area contributed by atoms with Crippen molar-refractivity contribution < 1.29 is 9.53 Å². The lowest BCUT2D eigenvalue weighted by atomic mass is 10.1. The maximum absolute atomic E-state index is 10.2. The number of benzene rings is 1. The molecule has 0 saturated carbocycles. The van der Waals surface area contributed by atoms with Crippen LogP contribution in [-0.4, -0.2) is 32.6 Å². The zero-order chi connectivity index (χ0) is 11.1. The van der Waals surface area contributed by atoms with Gasteiger partial charge in [0.15, 0.2) is 0 Å². The molecule has 3 heteroatoms. The van der Waals surface area contributed by atoms with Crippen molar-refractivity contribution in [2.45, 2.75) is 13.0 Å². The maximum atomic E-state index is 10.2. The Kier molecular flexibility index (Phi) is 5.01. The van der Waals surface area contributed by atoms with Gasteiger partial charge in [0, 0.05) is 5.56 Å². The van der Waals surface area contributed by atoms with Crippen molar-refractivity contribution in [2.24, 2.45) is 0 Å². The molecule has 0 radical (unpaired) electrons. The summed E-state index contributed by atoms with van der Waals surface area (Å²) in [5.41, 5.74) is 1.81. The molecule has 3 nitrogen and oxygen atoms in total. The van der Waals surface area contributed by atoms with Crippen LogP contribution in [-0.2, 0) is 4.74 Å². The molecule has 1 aliphatic rings. The van der Waals surface area contributed by atoms with E-state index in [4.69, 9.17) is 4.74 Å². The monoisotopic (exact) mass is 207 g/mol. The van der Waals surface area contributed by atoms with Gasteiger partial charge in [-0.05, 0) is 19.5 Å². The van der Waals surface area contributed by atoms with Crippen LogP contribution in [0.25, 0.3) is 0 Å². The second-order valence-corrected chi connectivity index (χ2v) is 3.50. The van der Waals surface area contributed by atoms with Gasteiger partial charge < -0.3 is 10.1 Å². The highest BCUT2D eigenvalue weighted by molar-refractivity contribution is 5.76. The van der Waals surface area contributed by atoms with Crippen LogP contribution in [0.3, 0.4) is 0 Å². The standard InChI is InChI=1S/C8H8O.C4H9NO/c1-7-4-2-3-5-8(7)6-9;1-5-4-2-6-3-4/h2-6H,1H3;4-5H,2-3H2,1H3. The second-order valence-electron chi connectivity index (χ2n) is 3.50. The highest BCUT2D eigenvalue weighted by Crippen LogP contribution is 2.02. The molecule has 1 fully saturated rings. The van der Waals surface area contributed by atoms with E-state index in [1.165, 1.54) is 0 Å². The van der Waals surface area contributed by atoms with Gasteiger partial charge >= 0.3 is 0 Å². The summed E-state index contributed by atoms with van der Waals surface area (Å²) in [7, 11) is 1.95. The lowest BCUT2D eigenvalue weighted by Gasteiger charge is -2.24. The average Bonchev–Trinajstić information content (AvgIpc) is 2.18. The first-order valence-electron chi connectivity index (χ1n) is 5.03. The number of carbonyl (C=O) groups excluding carboxylic acids is 1. The number of ether oxygens (including phenoxy) is 1. The number of carbonyl (C=O) groups is 1. The Bertz CT molecular complexity index is 305. The summed E-state index contributed by atoms with van der Waals surface area (Å²) >= 11 is 0. The third-order valence-corrected chi connectivity index (χ3v) is 2.36. The van der Waals surface area contributed by atoms with Crippen molar-refractivity contribution in [3.8, 4) is 0 Å². The van der Waals surface area contributed by atoms with Gasteiger partial charge in [0.2, 0.25) is 0 Å². The zero-order valence-corrected chi connectivity index (χ0v) is 9.19. The predicted molar refractivity (Wildman–Crippen MR) is 60.2 cm³/mol. The molecule has 15 heavy (non-hydrogen) atoms. The summed E-state index contributed by atoms with van der Waals surface area (Å²) in [6, 6.07) is 8.15. The SMILES string of the molecule is CNC1COC1.Cc1ccccc1C=O. The van der Waals surface area contributed by atoms with Crippen molar-refractivity contribution in [3.05, 3.63) is 35.4 Å². The molecule has 0 aromatic heterocycles. The van der Waals surface area contributed by atoms with Gasteiger partial charge in [-0.25, -0.2) is 0 Å². The molecule has 0 atom stereocenters. The molecule has 0 unspecified atom stereocenters. The molecule has 1 aromatic rings. The van der Waals surface area contributed by atoms with Crippen molar-refractivity contribution in [2.75, 3.05) is 20.3 Å². The topological polar surface area (TPSA) is 38.3 Å². The van der Waals surface area contributed by atoms with Crippen LogP contribution >= 0.6 is 0 Å². The van der Waals surface area contributed by atoms with E-state index in [-0.39, 0.29) is 0 Å². The van der Waals surface area contributed by atoms with E-state index >= 15 is 0 Å². The first kappa shape index (κ1) is 11.9. The van der Waals surface area contributed by atoms with E-state index in [1.807, 2.05) is 38.2 Å². The fourth-order valence-corrected chi connectivity index (χ4v) is 1.12. The van der Waals surface area contributed by atoms with Crippen LogP contribution in [0.1, 0.15) is 15.9 Å². The third kappa shape index (κ3) is 3.81. The Labute approximate surface area is 90.4 Å². The molecule has 1 heterocycles. The van der Waals surface area contributed by atoms with Crippen LogP contribution in [0.4, 0.5) is 0 Å². The highest BCUT2D eigenvalue weighted by Gasteiger charge is 2.13. The molecule has 1 aliphatic heterocycles. The minimum atomic E-state index is 0.644. The molecule has 2 rings (SSSR count). The molecular formula is C12H17NO2. The van der Waals surface area contributed by atoms with Crippen molar-refractivity contribution >= 4 is 6.29 Å². The number of aldehydes is 1. The molecule has 0 spiro atoms. The zero-order valence-electron chi connectivity index (χ0n) is 9.19. The van der Waals surface area contributed by atoms with E-state index in [1.54, 1.807) is 0 Å². The number of hydrogen-bond acceptors (Lipinski definition) is 3. The van der Waals surface area contributed by atoms with Gasteiger partial charge in [-0.2, -0.15) is 0 Å². The van der Waals surface area contributed by atoms with E-state index < -0.39 is 0 Å². The normalized spacial score (nSPS) is 14.8. The van der Waals surface area contributed by atoms with Crippen LogP contribution in [0, 0.1) is 6.92 Å². The number of aryl methyl sites for hydroxylation is 1. The van der Waals surface area contributed by atoms with Crippen LogP contribution in [0.15, 0.2) is 24.3 Å². The average molecular weight is 207 g/mol.